The molecular formula is C11H15N3O4. The number of carbonyl (C=O) groups excluding carboxylic acids is 1. The molecule has 1 unspecified atom stereocenters. The van der Waals surface area contributed by atoms with E-state index in [1.54, 1.807) is 6.92 Å². The summed E-state index contributed by atoms with van der Waals surface area (Å²) in [5, 5.41) is 6.72. The van der Waals surface area contributed by atoms with Crippen molar-refractivity contribution in [3.8, 4) is 0 Å². The Morgan fingerprint density at radius 3 is 3.11 bits per heavy atom. The lowest BCUT2D eigenvalue weighted by molar-refractivity contribution is -0.0394. The van der Waals surface area contributed by atoms with Gasteiger partial charge >= 0.3 is 5.97 Å². The van der Waals surface area contributed by atoms with Crippen LogP contribution in [0.15, 0.2) is 11.4 Å². The first-order chi connectivity index (χ1) is 8.76. The number of hydrogen-bond donors (Lipinski definition) is 0. The van der Waals surface area contributed by atoms with Gasteiger partial charge in [-0.25, -0.2) is 9.48 Å². The van der Waals surface area contributed by atoms with Crippen molar-refractivity contribution in [2.75, 3.05) is 13.2 Å². The van der Waals surface area contributed by atoms with Crippen molar-refractivity contribution in [2.45, 2.75) is 32.4 Å². The van der Waals surface area contributed by atoms with E-state index in [9.17, 15) is 9.70 Å². The van der Waals surface area contributed by atoms with Crippen LogP contribution in [-0.4, -0.2) is 29.0 Å². The highest BCUT2D eigenvalue weighted by Gasteiger charge is 2.23. The summed E-state index contributed by atoms with van der Waals surface area (Å²) >= 11 is 0. The molecule has 0 bridgehead atoms. The van der Waals surface area contributed by atoms with Gasteiger partial charge < -0.3 is 9.47 Å². The van der Waals surface area contributed by atoms with Gasteiger partial charge in [0.2, 0.25) is 5.82 Å². The Kier molecular flexibility index (Phi) is 4.03. The Balaban J connectivity index is 2.22. The molecule has 0 amide bonds. The SMILES string of the molecule is CCOC(=O)c1cn(C2CCCCO2)nc1N=O. The van der Waals surface area contributed by atoms with Crippen molar-refractivity contribution in [3.05, 3.63) is 16.7 Å². The third kappa shape index (κ3) is 2.56. The summed E-state index contributed by atoms with van der Waals surface area (Å²) in [7, 11) is 0. The van der Waals surface area contributed by atoms with E-state index < -0.39 is 5.97 Å². The number of carbonyl (C=O) groups is 1. The van der Waals surface area contributed by atoms with Crippen molar-refractivity contribution in [3.63, 3.8) is 0 Å². The number of nitrogens with zero attached hydrogens (tertiary/aromatic N) is 3. The lowest BCUT2D eigenvalue weighted by Gasteiger charge is -2.22. The maximum atomic E-state index is 11.6. The summed E-state index contributed by atoms with van der Waals surface area (Å²) in [4.78, 5) is 22.3. The van der Waals surface area contributed by atoms with Gasteiger partial charge in [-0.05, 0) is 31.4 Å². The average Bonchev–Trinajstić information content (AvgIpc) is 2.84. The van der Waals surface area contributed by atoms with Gasteiger partial charge in [0, 0.05) is 12.8 Å². The molecule has 0 spiro atoms. The van der Waals surface area contributed by atoms with Gasteiger partial charge in [-0.1, -0.05) is 0 Å². The molecule has 1 aliphatic rings. The second-order valence-electron chi connectivity index (χ2n) is 3.98. The summed E-state index contributed by atoms with van der Waals surface area (Å²) in [6.07, 6.45) is 4.08. The highest BCUT2D eigenvalue weighted by molar-refractivity contribution is 5.93. The molecule has 0 saturated carbocycles. The maximum absolute atomic E-state index is 11.6. The Morgan fingerprint density at radius 1 is 1.67 bits per heavy atom. The maximum Gasteiger partial charge on any atom is 0.343 e. The van der Waals surface area contributed by atoms with Crippen LogP contribution in [0.3, 0.4) is 0 Å². The highest BCUT2D eigenvalue weighted by atomic mass is 16.5. The molecule has 0 N–H and O–H groups in total. The minimum atomic E-state index is -0.589. The Labute approximate surface area is 104 Å². The third-order valence-electron chi connectivity index (χ3n) is 2.74. The van der Waals surface area contributed by atoms with Gasteiger partial charge in [0.1, 0.15) is 11.8 Å². The zero-order valence-corrected chi connectivity index (χ0v) is 10.2. The fraction of sp³-hybridized carbons (Fsp3) is 0.636. The molecular weight excluding hydrogens is 238 g/mol. The average molecular weight is 253 g/mol. The summed E-state index contributed by atoms with van der Waals surface area (Å²) in [6.45, 7) is 2.59. The number of aromatic nitrogens is 2. The minimum absolute atomic E-state index is 0.0843. The molecule has 2 rings (SSSR count). The first kappa shape index (κ1) is 12.7. The first-order valence-electron chi connectivity index (χ1n) is 5.97. The number of hydrogen-bond acceptors (Lipinski definition) is 6. The predicted molar refractivity (Wildman–Crippen MR) is 62.5 cm³/mol. The van der Waals surface area contributed by atoms with Gasteiger partial charge in [0.15, 0.2) is 0 Å². The van der Waals surface area contributed by atoms with E-state index in [-0.39, 0.29) is 24.2 Å². The Hall–Kier alpha value is -1.76. The van der Waals surface area contributed by atoms with Gasteiger partial charge in [0.05, 0.1) is 6.61 Å². The Bertz CT molecular complexity index is 437. The van der Waals surface area contributed by atoms with Crippen LogP contribution in [0.25, 0.3) is 0 Å². The Morgan fingerprint density at radius 2 is 2.50 bits per heavy atom. The van der Waals surface area contributed by atoms with Crippen LogP contribution in [0.1, 0.15) is 42.8 Å². The quantitative estimate of drug-likeness (QED) is 0.606. The molecule has 1 aromatic rings. The van der Waals surface area contributed by atoms with E-state index in [0.29, 0.717) is 6.61 Å². The standard InChI is InChI=1S/C11H15N3O4/c1-2-17-11(15)8-7-14(12-10(8)13-16)9-5-3-4-6-18-9/h7,9H,2-6H2,1H3. The van der Waals surface area contributed by atoms with E-state index in [1.165, 1.54) is 10.9 Å². The molecule has 2 heterocycles. The normalized spacial score (nSPS) is 19.5. The zero-order valence-electron chi connectivity index (χ0n) is 10.2. The molecule has 0 radical (unpaired) electrons. The topological polar surface area (TPSA) is 82.8 Å². The van der Waals surface area contributed by atoms with Crippen LogP contribution in [0.5, 0.6) is 0 Å². The lowest BCUT2D eigenvalue weighted by atomic mass is 10.2. The van der Waals surface area contributed by atoms with E-state index in [1.807, 2.05) is 0 Å². The summed E-state index contributed by atoms with van der Waals surface area (Å²) in [6, 6.07) is 0. The summed E-state index contributed by atoms with van der Waals surface area (Å²) < 4.78 is 11.8. The number of ether oxygens (including phenoxy) is 2. The minimum Gasteiger partial charge on any atom is -0.462 e. The summed E-state index contributed by atoms with van der Waals surface area (Å²) in [5.74, 6) is -0.739. The number of rotatable bonds is 4. The monoisotopic (exact) mass is 253 g/mol. The van der Waals surface area contributed by atoms with E-state index in [2.05, 4.69) is 10.3 Å². The predicted octanol–water partition coefficient (Wildman–Crippen LogP) is 2.16. The molecule has 1 saturated heterocycles. The smallest absolute Gasteiger partial charge is 0.343 e. The van der Waals surface area contributed by atoms with E-state index >= 15 is 0 Å². The lowest BCUT2D eigenvalue weighted by Crippen LogP contribution is -2.18. The van der Waals surface area contributed by atoms with Gasteiger partial charge in [-0.3, -0.25) is 0 Å². The van der Waals surface area contributed by atoms with Crippen LogP contribution in [-0.2, 0) is 9.47 Å². The number of nitroso groups, excluding NO2 is 1. The fourth-order valence-corrected chi connectivity index (χ4v) is 1.88. The van der Waals surface area contributed by atoms with Crippen LogP contribution in [0.2, 0.25) is 0 Å². The molecule has 1 aliphatic heterocycles. The second-order valence-corrected chi connectivity index (χ2v) is 3.98. The molecule has 1 fully saturated rings. The second kappa shape index (κ2) is 5.72. The molecule has 7 nitrogen and oxygen atoms in total. The van der Waals surface area contributed by atoms with Crippen LogP contribution >= 0.6 is 0 Å². The van der Waals surface area contributed by atoms with Gasteiger partial charge in [-0.15, -0.1) is 10.0 Å². The number of esters is 1. The van der Waals surface area contributed by atoms with Crippen molar-refractivity contribution in [2.24, 2.45) is 5.18 Å². The molecule has 7 heteroatoms. The van der Waals surface area contributed by atoms with E-state index in [4.69, 9.17) is 9.47 Å². The molecule has 1 atom stereocenters. The molecule has 18 heavy (non-hydrogen) atoms. The molecule has 0 aliphatic carbocycles. The third-order valence-corrected chi connectivity index (χ3v) is 2.74. The molecule has 0 aromatic carbocycles. The van der Waals surface area contributed by atoms with Crippen molar-refractivity contribution in [1.82, 2.24) is 9.78 Å². The van der Waals surface area contributed by atoms with Crippen molar-refractivity contribution >= 4 is 11.8 Å². The van der Waals surface area contributed by atoms with Crippen molar-refractivity contribution in [1.29, 1.82) is 0 Å². The van der Waals surface area contributed by atoms with E-state index in [0.717, 1.165) is 19.3 Å². The fourth-order valence-electron chi connectivity index (χ4n) is 1.88. The van der Waals surface area contributed by atoms with Crippen LogP contribution in [0, 0.1) is 4.91 Å². The van der Waals surface area contributed by atoms with Gasteiger partial charge in [-0.2, -0.15) is 0 Å². The van der Waals surface area contributed by atoms with Crippen molar-refractivity contribution < 1.29 is 14.3 Å². The highest BCUT2D eigenvalue weighted by Crippen LogP contribution is 2.26. The summed E-state index contributed by atoms with van der Waals surface area (Å²) in [5.41, 5.74) is 0.0843. The zero-order chi connectivity index (χ0) is 13.0. The molecule has 98 valence electrons. The first-order valence-corrected chi connectivity index (χ1v) is 5.97. The van der Waals surface area contributed by atoms with Crippen LogP contribution < -0.4 is 0 Å². The largest absolute Gasteiger partial charge is 0.462 e. The van der Waals surface area contributed by atoms with Gasteiger partial charge in [0.25, 0.3) is 0 Å². The van der Waals surface area contributed by atoms with Crippen LogP contribution in [0.4, 0.5) is 5.82 Å². The molecule has 1 aromatic heterocycles.